The lowest BCUT2D eigenvalue weighted by Crippen LogP contribution is -2.61. The van der Waals surface area contributed by atoms with E-state index in [1.807, 2.05) is 23.6 Å². The number of carbonyl (C=O) groups excluding carboxylic acids is 1. The van der Waals surface area contributed by atoms with Gasteiger partial charge in [-0.05, 0) is 51.0 Å². The maximum absolute atomic E-state index is 14.0. The predicted molar refractivity (Wildman–Crippen MR) is 144 cm³/mol. The van der Waals surface area contributed by atoms with Gasteiger partial charge in [0.15, 0.2) is 0 Å². The molecule has 13 heteroatoms. The summed E-state index contributed by atoms with van der Waals surface area (Å²) in [5.74, 6) is -1.29. The van der Waals surface area contributed by atoms with Crippen LogP contribution in [-0.4, -0.2) is 86.8 Å². The lowest BCUT2D eigenvalue weighted by atomic mass is 10.0. The van der Waals surface area contributed by atoms with Crippen LogP contribution in [0.2, 0.25) is 0 Å². The molecule has 0 spiro atoms. The van der Waals surface area contributed by atoms with Gasteiger partial charge in [-0.15, -0.1) is 0 Å². The minimum atomic E-state index is -0.645. The summed E-state index contributed by atoms with van der Waals surface area (Å²) in [5.41, 5.74) is 1.51. The number of hydrogen-bond acceptors (Lipinski definition) is 7. The predicted octanol–water partition coefficient (Wildman–Crippen LogP) is 4.23. The number of nitro benzene ring substituents is 2. The number of nitrogens with zero attached hydrogens (tertiary/aromatic N) is 6. The van der Waals surface area contributed by atoms with Gasteiger partial charge in [0.1, 0.15) is 11.6 Å². The van der Waals surface area contributed by atoms with E-state index in [0.29, 0.717) is 74.6 Å². The van der Waals surface area contributed by atoms with Gasteiger partial charge in [-0.1, -0.05) is 0 Å². The van der Waals surface area contributed by atoms with Crippen molar-refractivity contribution >= 4 is 17.4 Å². The Hall–Kier alpha value is -3.71. The van der Waals surface area contributed by atoms with Crippen LogP contribution < -0.4 is 0 Å². The van der Waals surface area contributed by atoms with Crippen molar-refractivity contribution in [1.82, 2.24) is 19.6 Å². The van der Waals surface area contributed by atoms with Crippen molar-refractivity contribution in [3.05, 3.63) is 78.4 Å². The van der Waals surface area contributed by atoms with E-state index in [1.54, 1.807) is 13.8 Å². The maximum atomic E-state index is 14.0. The topological polar surface area (TPSA) is 116 Å². The van der Waals surface area contributed by atoms with Gasteiger partial charge in [0.05, 0.1) is 22.0 Å². The SMILES string of the molecule is Cc1c(CN2CCN(C(=O)N3CCN(Cc4cc(F)cc([N+](=O)[O-])c4C)CC3C)C(C)C2)cc(F)cc1[N+](=O)[O-]. The van der Waals surface area contributed by atoms with E-state index in [1.165, 1.54) is 12.1 Å². The van der Waals surface area contributed by atoms with E-state index < -0.39 is 21.5 Å². The molecule has 2 aromatic rings. The Morgan fingerprint density at radius 1 is 0.775 bits per heavy atom. The highest BCUT2D eigenvalue weighted by Crippen LogP contribution is 2.27. The van der Waals surface area contributed by atoms with Crippen LogP contribution in [0.5, 0.6) is 0 Å². The summed E-state index contributed by atoms with van der Waals surface area (Å²) in [6, 6.07) is 4.21. The summed E-state index contributed by atoms with van der Waals surface area (Å²) in [6.45, 7) is 11.0. The number of piperazine rings is 2. The zero-order valence-corrected chi connectivity index (χ0v) is 23.1. The Morgan fingerprint density at radius 3 is 1.48 bits per heavy atom. The molecule has 0 N–H and O–H groups in total. The smallest absolute Gasteiger partial charge is 0.319 e. The molecule has 2 aliphatic heterocycles. The third kappa shape index (κ3) is 6.20. The van der Waals surface area contributed by atoms with Crippen LogP contribution in [0.25, 0.3) is 0 Å². The molecule has 0 bridgehead atoms. The third-order valence-electron chi connectivity index (χ3n) is 8.00. The molecule has 0 aromatic heterocycles. The quantitative estimate of drug-likeness (QED) is 0.383. The van der Waals surface area contributed by atoms with E-state index in [0.717, 1.165) is 12.1 Å². The number of halogens is 2. The molecule has 0 saturated carbocycles. The standard InChI is InChI=1S/C27H34F2N6O5/c1-17-13-30(15-21-9-23(28)11-25(19(21)3)34(37)38)5-7-32(17)27(36)33-8-6-31(14-18(33)2)16-22-10-24(29)12-26(20(22)4)35(39)40/h9-12,17-18H,5-8,13-16H2,1-4H3. The molecule has 4 rings (SSSR count). The Morgan fingerprint density at radius 2 is 1.15 bits per heavy atom. The van der Waals surface area contributed by atoms with Crippen LogP contribution in [0.4, 0.5) is 25.0 Å². The summed E-state index contributed by atoms with van der Waals surface area (Å²) in [7, 11) is 0. The first-order valence-corrected chi connectivity index (χ1v) is 13.2. The number of nitro groups is 2. The van der Waals surface area contributed by atoms with Crippen molar-refractivity contribution in [3.8, 4) is 0 Å². The first-order valence-electron chi connectivity index (χ1n) is 13.2. The first-order chi connectivity index (χ1) is 18.8. The summed E-state index contributed by atoms with van der Waals surface area (Å²) < 4.78 is 28.0. The number of carbonyl (C=O) groups is 1. The zero-order chi connectivity index (χ0) is 29.3. The molecule has 2 unspecified atom stereocenters. The highest BCUT2D eigenvalue weighted by molar-refractivity contribution is 5.75. The number of benzene rings is 2. The summed E-state index contributed by atoms with van der Waals surface area (Å²) >= 11 is 0. The van der Waals surface area contributed by atoms with Crippen LogP contribution >= 0.6 is 0 Å². The second kappa shape index (κ2) is 11.8. The molecule has 2 aliphatic rings. The van der Waals surface area contributed by atoms with Crippen molar-refractivity contribution in [2.45, 2.75) is 52.9 Å². The van der Waals surface area contributed by atoms with E-state index >= 15 is 0 Å². The molecule has 2 fully saturated rings. The molecule has 216 valence electrons. The average molecular weight is 561 g/mol. The second-order valence-corrected chi connectivity index (χ2v) is 10.8. The van der Waals surface area contributed by atoms with Crippen molar-refractivity contribution in [2.75, 3.05) is 39.3 Å². The minimum absolute atomic E-state index is 0.0746. The van der Waals surface area contributed by atoms with Gasteiger partial charge in [-0.25, -0.2) is 13.6 Å². The van der Waals surface area contributed by atoms with Crippen LogP contribution in [0.15, 0.2) is 24.3 Å². The maximum Gasteiger partial charge on any atom is 0.320 e. The van der Waals surface area contributed by atoms with Crippen LogP contribution in [0.1, 0.15) is 36.1 Å². The van der Waals surface area contributed by atoms with Crippen LogP contribution in [0.3, 0.4) is 0 Å². The molecule has 0 radical (unpaired) electrons. The van der Waals surface area contributed by atoms with Gasteiger partial charge in [-0.3, -0.25) is 30.0 Å². The monoisotopic (exact) mass is 560 g/mol. The van der Waals surface area contributed by atoms with Crippen molar-refractivity contribution in [3.63, 3.8) is 0 Å². The van der Waals surface area contributed by atoms with Gasteiger partial charge in [-0.2, -0.15) is 0 Å². The molecule has 2 saturated heterocycles. The van der Waals surface area contributed by atoms with E-state index in [2.05, 4.69) is 9.80 Å². The van der Waals surface area contributed by atoms with Crippen molar-refractivity contribution < 1.29 is 23.4 Å². The van der Waals surface area contributed by atoms with Gasteiger partial charge >= 0.3 is 6.03 Å². The van der Waals surface area contributed by atoms with E-state index in [-0.39, 0.29) is 29.5 Å². The molecule has 40 heavy (non-hydrogen) atoms. The van der Waals surface area contributed by atoms with Gasteiger partial charge < -0.3 is 9.80 Å². The van der Waals surface area contributed by atoms with E-state index in [9.17, 15) is 33.8 Å². The van der Waals surface area contributed by atoms with Crippen LogP contribution in [-0.2, 0) is 13.1 Å². The molecule has 2 amide bonds. The Balaban J connectivity index is 1.36. The van der Waals surface area contributed by atoms with E-state index in [4.69, 9.17) is 0 Å². The van der Waals surface area contributed by atoms with Crippen molar-refractivity contribution in [1.29, 1.82) is 0 Å². The van der Waals surface area contributed by atoms with Gasteiger partial charge in [0.25, 0.3) is 11.4 Å². The Labute approximate surface area is 231 Å². The molecular weight excluding hydrogens is 526 g/mol. The highest BCUT2D eigenvalue weighted by Gasteiger charge is 2.35. The number of rotatable bonds is 6. The fourth-order valence-corrected chi connectivity index (χ4v) is 5.72. The van der Waals surface area contributed by atoms with Gasteiger partial charge in [0.2, 0.25) is 0 Å². The highest BCUT2D eigenvalue weighted by atomic mass is 19.1. The fourth-order valence-electron chi connectivity index (χ4n) is 5.72. The lowest BCUT2D eigenvalue weighted by Gasteiger charge is -2.46. The lowest BCUT2D eigenvalue weighted by molar-refractivity contribution is -0.385. The molecule has 2 atom stereocenters. The number of urea groups is 1. The molecule has 0 aliphatic carbocycles. The average Bonchev–Trinajstić information content (AvgIpc) is 2.87. The summed E-state index contributed by atoms with van der Waals surface area (Å²) in [4.78, 5) is 42.7. The minimum Gasteiger partial charge on any atom is -0.319 e. The Bertz CT molecular complexity index is 1230. The third-order valence-corrected chi connectivity index (χ3v) is 8.00. The molecule has 11 nitrogen and oxygen atoms in total. The Kier molecular flexibility index (Phi) is 8.64. The second-order valence-electron chi connectivity index (χ2n) is 10.8. The number of amides is 2. The van der Waals surface area contributed by atoms with Gasteiger partial charge in [0, 0.05) is 75.6 Å². The zero-order valence-electron chi connectivity index (χ0n) is 23.1. The normalized spacial score (nSPS) is 20.6. The number of hydrogen-bond donors (Lipinski definition) is 0. The summed E-state index contributed by atoms with van der Waals surface area (Å²) in [5, 5.41) is 22.6. The first kappa shape index (κ1) is 29.3. The summed E-state index contributed by atoms with van der Waals surface area (Å²) in [6.07, 6.45) is 0. The van der Waals surface area contributed by atoms with Crippen molar-refractivity contribution in [2.24, 2.45) is 0 Å². The molecule has 2 aromatic carbocycles. The largest absolute Gasteiger partial charge is 0.320 e. The van der Waals surface area contributed by atoms with Crippen LogP contribution in [0, 0.1) is 45.7 Å². The molecular formula is C27H34F2N6O5. The fraction of sp³-hybridized carbons (Fsp3) is 0.519. The molecule has 2 heterocycles.